The fourth-order valence-corrected chi connectivity index (χ4v) is 6.08. The van der Waals surface area contributed by atoms with Gasteiger partial charge in [0.15, 0.2) is 0 Å². The first-order valence-electron chi connectivity index (χ1n) is 13.6. The third-order valence-electron chi connectivity index (χ3n) is 8.02. The second-order valence-corrected chi connectivity index (χ2v) is 11.1. The predicted molar refractivity (Wildman–Crippen MR) is 152 cm³/mol. The number of hydrogen-bond donors (Lipinski definition) is 3. The molecule has 0 spiro atoms. The van der Waals surface area contributed by atoms with Gasteiger partial charge in [-0.25, -0.2) is 0 Å². The van der Waals surface area contributed by atoms with Gasteiger partial charge in [0.05, 0.1) is 12.1 Å². The Hall–Kier alpha value is -3.15. The fourth-order valence-electron chi connectivity index (χ4n) is 6.08. The molecule has 2 unspecified atom stereocenters. The molecule has 0 fully saturated rings. The minimum atomic E-state index is -0.571. The summed E-state index contributed by atoms with van der Waals surface area (Å²) in [5.41, 5.74) is 19.1. The van der Waals surface area contributed by atoms with Gasteiger partial charge >= 0.3 is 0 Å². The van der Waals surface area contributed by atoms with Gasteiger partial charge in [0, 0.05) is 31.9 Å². The number of aryl methyl sites for hydroxylation is 4. The molecule has 4 N–H and O–H groups in total. The summed E-state index contributed by atoms with van der Waals surface area (Å²) >= 11 is 0. The summed E-state index contributed by atoms with van der Waals surface area (Å²) in [5, 5.41) is 6.79. The minimum Gasteiger partial charge on any atom is -0.385 e. The van der Waals surface area contributed by atoms with Crippen molar-refractivity contribution in [1.29, 1.82) is 0 Å². The number of amides is 1. The van der Waals surface area contributed by atoms with Crippen LogP contribution in [0.2, 0.25) is 0 Å². The van der Waals surface area contributed by atoms with Crippen molar-refractivity contribution < 1.29 is 4.79 Å². The third kappa shape index (κ3) is 5.73. The highest BCUT2D eigenvalue weighted by Crippen LogP contribution is 2.32. The number of carbonyl (C=O) groups excluding carboxylic acids is 1. The molecule has 5 heteroatoms. The van der Waals surface area contributed by atoms with Crippen LogP contribution in [0.1, 0.15) is 62.5 Å². The molecule has 2 heterocycles. The van der Waals surface area contributed by atoms with Crippen molar-refractivity contribution in [3.8, 4) is 0 Å². The van der Waals surface area contributed by atoms with Crippen LogP contribution in [0, 0.1) is 27.7 Å². The zero-order valence-electron chi connectivity index (χ0n) is 22.7. The number of nitrogens with two attached hydrogens (primary N) is 1. The Balaban J connectivity index is 1.27. The SMILES string of the molecule is Cc1cc(C)c(CC(N)C(=O)NC2CCNc3ccc(CN4CCc5ccc(C)cc5C4)cc32)c(C)c1. The summed E-state index contributed by atoms with van der Waals surface area (Å²) in [5.74, 6) is -0.0781. The Morgan fingerprint density at radius 3 is 2.59 bits per heavy atom. The summed E-state index contributed by atoms with van der Waals surface area (Å²) in [6.07, 6.45) is 2.50. The molecule has 0 aliphatic carbocycles. The van der Waals surface area contributed by atoms with Gasteiger partial charge in [0.2, 0.25) is 5.91 Å². The molecule has 0 bridgehead atoms. The molecular formula is C32H40N4O. The lowest BCUT2D eigenvalue weighted by atomic mass is 9.93. The molecule has 0 saturated heterocycles. The van der Waals surface area contributed by atoms with Crippen molar-refractivity contribution in [3.05, 3.63) is 98.6 Å². The van der Waals surface area contributed by atoms with Crippen LogP contribution in [0.25, 0.3) is 0 Å². The van der Waals surface area contributed by atoms with Crippen molar-refractivity contribution >= 4 is 11.6 Å². The van der Waals surface area contributed by atoms with E-state index < -0.39 is 6.04 Å². The summed E-state index contributed by atoms with van der Waals surface area (Å²) in [4.78, 5) is 15.7. The zero-order chi connectivity index (χ0) is 26.1. The maximum Gasteiger partial charge on any atom is 0.237 e. The Labute approximate surface area is 221 Å². The highest BCUT2D eigenvalue weighted by Gasteiger charge is 2.26. The van der Waals surface area contributed by atoms with Crippen molar-refractivity contribution in [2.45, 2.75) is 72.1 Å². The maximum atomic E-state index is 13.2. The summed E-state index contributed by atoms with van der Waals surface area (Å²) in [7, 11) is 0. The lowest BCUT2D eigenvalue weighted by Crippen LogP contribution is -2.44. The van der Waals surface area contributed by atoms with Gasteiger partial charge in [0.1, 0.15) is 0 Å². The van der Waals surface area contributed by atoms with Crippen LogP contribution in [0.3, 0.4) is 0 Å². The highest BCUT2D eigenvalue weighted by atomic mass is 16.2. The van der Waals surface area contributed by atoms with Gasteiger partial charge < -0.3 is 16.4 Å². The molecule has 3 aromatic carbocycles. The first-order chi connectivity index (χ1) is 17.8. The van der Waals surface area contributed by atoms with E-state index >= 15 is 0 Å². The number of nitrogens with one attached hydrogen (secondary N) is 2. The van der Waals surface area contributed by atoms with Crippen LogP contribution in [0.5, 0.6) is 0 Å². The molecule has 5 rings (SSSR count). The summed E-state index contributed by atoms with van der Waals surface area (Å²) in [6.45, 7) is 12.3. The number of hydrogen-bond acceptors (Lipinski definition) is 4. The molecule has 0 radical (unpaired) electrons. The molecule has 5 nitrogen and oxygen atoms in total. The average Bonchev–Trinajstić information content (AvgIpc) is 2.86. The van der Waals surface area contributed by atoms with Crippen molar-refractivity contribution in [2.24, 2.45) is 5.73 Å². The van der Waals surface area contributed by atoms with E-state index in [9.17, 15) is 4.79 Å². The van der Waals surface area contributed by atoms with Crippen molar-refractivity contribution in [1.82, 2.24) is 10.2 Å². The van der Waals surface area contributed by atoms with Gasteiger partial charge in [-0.2, -0.15) is 0 Å². The molecule has 2 aliphatic heterocycles. The number of carbonyl (C=O) groups is 1. The normalized spacial score (nSPS) is 17.9. The minimum absolute atomic E-state index is 0.0281. The zero-order valence-corrected chi connectivity index (χ0v) is 22.7. The molecule has 37 heavy (non-hydrogen) atoms. The topological polar surface area (TPSA) is 70.4 Å². The van der Waals surface area contributed by atoms with E-state index in [1.165, 1.54) is 50.1 Å². The molecule has 194 valence electrons. The molecule has 2 aliphatic rings. The first kappa shape index (κ1) is 25.5. The largest absolute Gasteiger partial charge is 0.385 e. The van der Waals surface area contributed by atoms with Gasteiger partial charge in [-0.15, -0.1) is 0 Å². The molecule has 2 atom stereocenters. The Bertz CT molecular complexity index is 1290. The van der Waals surface area contributed by atoms with Crippen LogP contribution in [-0.2, 0) is 30.7 Å². The second kappa shape index (κ2) is 10.7. The number of anilines is 1. The standard InChI is InChI=1S/C32H40N4O/c1-20-5-7-25-10-12-36(19-26(25)15-20)18-24-6-8-30-28(16-24)31(9-11-34-30)35-32(37)29(33)17-27-22(3)13-21(2)14-23(27)4/h5-8,13-16,29,31,34H,9-12,17-19,33H2,1-4H3,(H,35,37). The molecule has 3 aromatic rings. The Morgan fingerprint density at radius 1 is 1.03 bits per heavy atom. The summed E-state index contributed by atoms with van der Waals surface area (Å²) < 4.78 is 0. The Kier molecular flexibility index (Phi) is 7.36. The predicted octanol–water partition coefficient (Wildman–Crippen LogP) is 5.02. The second-order valence-electron chi connectivity index (χ2n) is 11.1. The molecule has 0 aromatic heterocycles. The van der Waals surface area contributed by atoms with Gasteiger partial charge in [-0.1, -0.05) is 53.6 Å². The van der Waals surface area contributed by atoms with Crippen LogP contribution < -0.4 is 16.4 Å². The molecule has 0 saturated carbocycles. The third-order valence-corrected chi connectivity index (χ3v) is 8.02. The van der Waals surface area contributed by atoms with Gasteiger partial charge in [-0.05, 0) is 92.0 Å². The number of fused-ring (bicyclic) bond motifs is 2. The lowest BCUT2D eigenvalue weighted by molar-refractivity contribution is -0.123. The number of rotatable bonds is 6. The van der Waals surface area contributed by atoms with Crippen LogP contribution in [0.15, 0.2) is 48.5 Å². The lowest BCUT2D eigenvalue weighted by Gasteiger charge is -2.31. The van der Waals surface area contributed by atoms with Crippen molar-refractivity contribution in [3.63, 3.8) is 0 Å². The van der Waals surface area contributed by atoms with E-state index in [1.807, 2.05) is 0 Å². The van der Waals surface area contributed by atoms with E-state index in [2.05, 4.69) is 91.8 Å². The Morgan fingerprint density at radius 2 is 1.81 bits per heavy atom. The highest BCUT2D eigenvalue weighted by molar-refractivity contribution is 5.82. The van der Waals surface area contributed by atoms with E-state index in [0.29, 0.717) is 6.42 Å². The monoisotopic (exact) mass is 496 g/mol. The smallest absolute Gasteiger partial charge is 0.237 e. The first-order valence-corrected chi connectivity index (χ1v) is 13.6. The average molecular weight is 497 g/mol. The van der Waals surface area contributed by atoms with Gasteiger partial charge in [-0.3, -0.25) is 9.69 Å². The maximum absolute atomic E-state index is 13.2. The van der Waals surface area contributed by atoms with E-state index in [0.717, 1.165) is 44.7 Å². The van der Waals surface area contributed by atoms with E-state index in [1.54, 1.807) is 0 Å². The van der Waals surface area contributed by atoms with E-state index in [4.69, 9.17) is 5.73 Å². The number of benzene rings is 3. The molecular weight excluding hydrogens is 456 g/mol. The quantitative estimate of drug-likeness (QED) is 0.448. The van der Waals surface area contributed by atoms with Crippen LogP contribution >= 0.6 is 0 Å². The van der Waals surface area contributed by atoms with E-state index in [-0.39, 0.29) is 11.9 Å². The van der Waals surface area contributed by atoms with Crippen molar-refractivity contribution in [2.75, 3.05) is 18.4 Å². The van der Waals surface area contributed by atoms with Crippen LogP contribution in [0.4, 0.5) is 5.69 Å². The van der Waals surface area contributed by atoms with Gasteiger partial charge in [0.25, 0.3) is 0 Å². The molecule has 1 amide bonds. The summed E-state index contributed by atoms with van der Waals surface area (Å²) in [6, 6.07) is 17.2. The van der Waals surface area contributed by atoms with Crippen LogP contribution in [-0.4, -0.2) is 29.9 Å². The number of nitrogens with zero attached hydrogens (tertiary/aromatic N) is 1. The fraction of sp³-hybridized carbons (Fsp3) is 0.406.